The third kappa shape index (κ3) is 3.06. The Kier molecular flexibility index (Phi) is 4.33. The van der Waals surface area contributed by atoms with E-state index in [1.807, 2.05) is 28.8 Å². The van der Waals surface area contributed by atoms with Crippen molar-refractivity contribution < 1.29 is 0 Å². The predicted molar refractivity (Wildman–Crippen MR) is 80.5 cm³/mol. The number of fused-ring (bicyclic) bond motifs is 1. The molecule has 0 N–H and O–H groups in total. The van der Waals surface area contributed by atoms with Crippen LogP contribution in [0.3, 0.4) is 0 Å². The van der Waals surface area contributed by atoms with Gasteiger partial charge >= 0.3 is 0 Å². The van der Waals surface area contributed by atoms with Crippen LogP contribution < -0.4 is 0 Å². The molecule has 0 saturated carbocycles. The molecule has 0 fully saturated rings. The molecular weight excluding hydrogens is 310 g/mol. The minimum atomic E-state index is 0.303. The lowest BCUT2D eigenvalue weighted by Gasteiger charge is -2.28. The van der Waals surface area contributed by atoms with Gasteiger partial charge in [-0.1, -0.05) is 54.5 Å². The molecule has 3 nitrogen and oxygen atoms in total. The van der Waals surface area contributed by atoms with Crippen molar-refractivity contribution in [2.75, 3.05) is 11.1 Å². The summed E-state index contributed by atoms with van der Waals surface area (Å²) in [6, 6.07) is 5.96. The van der Waals surface area contributed by atoms with Gasteiger partial charge in [0.15, 0.2) is 10.8 Å². The highest BCUT2D eigenvalue weighted by atomic mass is 79.9. The van der Waals surface area contributed by atoms with Crippen LogP contribution in [0.2, 0.25) is 0 Å². The fourth-order valence-electron chi connectivity index (χ4n) is 1.62. The molecule has 0 aliphatic rings. The minimum Gasteiger partial charge on any atom is -0.277 e. The van der Waals surface area contributed by atoms with Crippen LogP contribution in [0.4, 0.5) is 0 Å². The minimum absolute atomic E-state index is 0.303. The lowest BCUT2D eigenvalue weighted by Crippen LogP contribution is -2.24. The second kappa shape index (κ2) is 5.61. The highest BCUT2D eigenvalue weighted by Crippen LogP contribution is 2.32. The second-order valence-electron chi connectivity index (χ2n) is 5.44. The average Bonchev–Trinajstić information content (AvgIpc) is 2.72. The number of aromatic nitrogens is 3. The number of hydrogen-bond donors (Lipinski definition) is 0. The van der Waals surface area contributed by atoms with Gasteiger partial charge in [-0.2, -0.15) is 0 Å². The van der Waals surface area contributed by atoms with Gasteiger partial charge in [0.05, 0.1) is 0 Å². The number of pyridine rings is 1. The fraction of sp³-hybridized carbons (Fsp3) is 0.538. The number of rotatable bonds is 4. The van der Waals surface area contributed by atoms with Gasteiger partial charge in [-0.05, 0) is 23.5 Å². The molecule has 1 unspecified atom stereocenters. The lowest BCUT2D eigenvalue weighted by atomic mass is 9.83. The summed E-state index contributed by atoms with van der Waals surface area (Å²) in [5.41, 5.74) is 1.21. The second-order valence-corrected chi connectivity index (χ2v) is 7.07. The van der Waals surface area contributed by atoms with E-state index >= 15 is 0 Å². The third-order valence-electron chi connectivity index (χ3n) is 3.11. The Balaban J connectivity index is 2.10. The van der Waals surface area contributed by atoms with E-state index in [0.29, 0.717) is 11.3 Å². The van der Waals surface area contributed by atoms with Crippen molar-refractivity contribution in [1.82, 2.24) is 14.6 Å². The molecule has 2 aromatic heterocycles. The number of thioether (sulfide) groups is 1. The van der Waals surface area contributed by atoms with E-state index in [2.05, 4.69) is 46.9 Å². The third-order valence-corrected chi connectivity index (χ3v) is 4.99. The van der Waals surface area contributed by atoms with Crippen LogP contribution in [-0.4, -0.2) is 25.7 Å². The summed E-state index contributed by atoms with van der Waals surface area (Å²) >= 11 is 5.38. The first kappa shape index (κ1) is 13.9. The van der Waals surface area contributed by atoms with Gasteiger partial charge in [0, 0.05) is 17.3 Å². The molecule has 0 amide bonds. The monoisotopic (exact) mass is 327 g/mol. The Labute approximate surface area is 121 Å². The molecule has 98 valence electrons. The topological polar surface area (TPSA) is 30.2 Å². The zero-order valence-electron chi connectivity index (χ0n) is 10.9. The van der Waals surface area contributed by atoms with E-state index < -0.39 is 0 Å². The van der Waals surface area contributed by atoms with E-state index in [-0.39, 0.29) is 0 Å². The summed E-state index contributed by atoms with van der Waals surface area (Å²) in [6.07, 6.45) is 2.01. The summed E-state index contributed by atoms with van der Waals surface area (Å²) in [5.74, 6) is 1.66. The molecule has 18 heavy (non-hydrogen) atoms. The van der Waals surface area contributed by atoms with Crippen LogP contribution in [0.5, 0.6) is 0 Å². The van der Waals surface area contributed by atoms with E-state index in [0.717, 1.165) is 21.9 Å². The summed E-state index contributed by atoms with van der Waals surface area (Å²) in [7, 11) is 0. The summed E-state index contributed by atoms with van der Waals surface area (Å²) in [4.78, 5) is 0. The maximum Gasteiger partial charge on any atom is 0.195 e. The maximum absolute atomic E-state index is 4.24. The Morgan fingerprint density at radius 2 is 2.11 bits per heavy atom. The van der Waals surface area contributed by atoms with Gasteiger partial charge < -0.3 is 0 Å². The summed E-state index contributed by atoms with van der Waals surface area (Å²) < 4.78 is 2.04. The first-order valence-electron chi connectivity index (χ1n) is 6.01. The van der Waals surface area contributed by atoms with Crippen LogP contribution in [0.1, 0.15) is 20.8 Å². The largest absolute Gasteiger partial charge is 0.277 e. The van der Waals surface area contributed by atoms with Crippen molar-refractivity contribution in [2.24, 2.45) is 11.3 Å². The Morgan fingerprint density at radius 1 is 1.33 bits per heavy atom. The van der Waals surface area contributed by atoms with Gasteiger partial charge in [0.1, 0.15) is 0 Å². The maximum atomic E-state index is 4.24. The summed E-state index contributed by atoms with van der Waals surface area (Å²) in [6.45, 7) is 6.84. The molecule has 2 aromatic rings. The Hall–Kier alpha value is -0.550. The van der Waals surface area contributed by atoms with E-state index in [1.165, 1.54) is 0 Å². The SMILES string of the molecule is CC(C)(C)C(CBr)CSc1nnc2ccccn12. The van der Waals surface area contributed by atoms with Crippen molar-refractivity contribution in [1.29, 1.82) is 0 Å². The first-order chi connectivity index (χ1) is 8.52. The average molecular weight is 328 g/mol. The van der Waals surface area contributed by atoms with E-state index in [4.69, 9.17) is 0 Å². The molecule has 0 bridgehead atoms. The van der Waals surface area contributed by atoms with Crippen molar-refractivity contribution in [3.8, 4) is 0 Å². The first-order valence-corrected chi connectivity index (χ1v) is 8.11. The molecule has 5 heteroatoms. The molecular formula is C13H18BrN3S. The Morgan fingerprint density at radius 3 is 2.78 bits per heavy atom. The van der Waals surface area contributed by atoms with Gasteiger partial charge in [-0.15, -0.1) is 10.2 Å². The Bertz CT molecular complexity index is 518. The standard InChI is InChI=1S/C13H18BrN3S/c1-13(2,3)10(8-14)9-18-12-16-15-11-6-4-5-7-17(11)12/h4-7,10H,8-9H2,1-3H3. The van der Waals surface area contributed by atoms with Gasteiger partial charge in [-0.3, -0.25) is 4.40 Å². The van der Waals surface area contributed by atoms with Crippen molar-refractivity contribution in [3.05, 3.63) is 24.4 Å². The molecule has 0 radical (unpaired) electrons. The van der Waals surface area contributed by atoms with Crippen molar-refractivity contribution in [2.45, 2.75) is 25.9 Å². The molecule has 0 aliphatic heterocycles. The quantitative estimate of drug-likeness (QED) is 0.630. The van der Waals surface area contributed by atoms with Gasteiger partial charge in [0.2, 0.25) is 0 Å². The molecule has 0 aliphatic carbocycles. The van der Waals surface area contributed by atoms with Crippen molar-refractivity contribution in [3.63, 3.8) is 0 Å². The van der Waals surface area contributed by atoms with Crippen LogP contribution in [-0.2, 0) is 0 Å². The van der Waals surface area contributed by atoms with Crippen molar-refractivity contribution >= 4 is 33.3 Å². The fourth-order valence-corrected chi connectivity index (χ4v) is 4.48. The van der Waals surface area contributed by atoms with Crippen LogP contribution >= 0.6 is 27.7 Å². The zero-order valence-corrected chi connectivity index (χ0v) is 13.3. The molecule has 2 heterocycles. The normalized spacial score (nSPS) is 14.0. The van der Waals surface area contributed by atoms with E-state index in [9.17, 15) is 0 Å². The summed E-state index contributed by atoms with van der Waals surface area (Å²) in [5, 5.41) is 10.4. The van der Waals surface area contributed by atoms with Crippen LogP contribution in [0.25, 0.3) is 5.65 Å². The zero-order chi connectivity index (χ0) is 13.2. The number of nitrogens with zero attached hydrogens (tertiary/aromatic N) is 3. The molecule has 0 spiro atoms. The highest BCUT2D eigenvalue weighted by molar-refractivity contribution is 9.09. The van der Waals surface area contributed by atoms with Crippen LogP contribution in [0.15, 0.2) is 29.6 Å². The van der Waals surface area contributed by atoms with Gasteiger partial charge in [-0.25, -0.2) is 0 Å². The van der Waals surface area contributed by atoms with Gasteiger partial charge in [0.25, 0.3) is 0 Å². The molecule has 0 saturated heterocycles. The molecule has 2 rings (SSSR count). The molecule has 0 aromatic carbocycles. The number of hydrogen-bond acceptors (Lipinski definition) is 3. The predicted octanol–water partition coefficient (Wildman–Crippen LogP) is 3.88. The highest BCUT2D eigenvalue weighted by Gasteiger charge is 2.24. The van der Waals surface area contributed by atoms with E-state index in [1.54, 1.807) is 11.8 Å². The molecule has 1 atom stereocenters. The number of alkyl halides is 1. The number of halogens is 1. The van der Waals surface area contributed by atoms with Crippen LogP contribution in [0, 0.1) is 11.3 Å². The lowest BCUT2D eigenvalue weighted by molar-refractivity contribution is 0.295. The smallest absolute Gasteiger partial charge is 0.195 e.